The highest BCUT2D eigenvalue weighted by atomic mass is 35.5. The zero-order chi connectivity index (χ0) is 22.2. The Bertz CT molecular complexity index is 1090. The molecule has 3 heterocycles. The number of carboxylic acids is 1. The van der Waals surface area contributed by atoms with Crippen LogP contribution in [0.3, 0.4) is 0 Å². The number of fused-ring (bicyclic) bond motifs is 3. The number of alkyl halides is 3. The molecule has 1 aromatic carbocycles. The van der Waals surface area contributed by atoms with Crippen molar-refractivity contribution in [2.24, 2.45) is 0 Å². The van der Waals surface area contributed by atoms with Gasteiger partial charge in [0.2, 0.25) is 5.95 Å². The number of rotatable bonds is 1. The van der Waals surface area contributed by atoms with E-state index < -0.39 is 12.1 Å². The van der Waals surface area contributed by atoms with E-state index in [1.165, 1.54) is 0 Å². The molecule has 0 spiro atoms. The molecule has 0 saturated carbocycles. The van der Waals surface area contributed by atoms with Gasteiger partial charge in [0.05, 0.1) is 0 Å². The maximum Gasteiger partial charge on any atom is 0.490 e. The molecule has 0 aliphatic carbocycles. The van der Waals surface area contributed by atoms with Gasteiger partial charge < -0.3 is 25.5 Å². The summed E-state index contributed by atoms with van der Waals surface area (Å²) in [4.78, 5) is 20.0. The summed E-state index contributed by atoms with van der Waals surface area (Å²) in [7, 11) is 0. The van der Waals surface area contributed by atoms with Crippen LogP contribution >= 0.6 is 11.6 Å². The van der Waals surface area contributed by atoms with E-state index in [1.807, 2.05) is 12.1 Å². The second-order valence-corrected chi connectivity index (χ2v) is 7.38. The SMILES string of the molecule is C[C@@H]1CN(c2nc(N)nc3c2oc2ccc(Cl)cc23)[C@@H](C)CN1.O=C(O)C(F)(F)F. The lowest BCUT2D eigenvalue weighted by atomic mass is 10.1. The number of carboxylic acid groups (broad SMARTS) is 1. The normalized spacial score (nSPS) is 19.6. The Morgan fingerprint density at radius 1 is 1.37 bits per heavy atom. The molecular formula is C18H19ClF3N5O3. The molecular weight excluding hydrogens is 427 g/mol. The Kier molecular flexibility index (Phi) is 5.95. The molecule has 1 saturated heterocycles. The molecule has 8 nitrogen and oxygen atoms in total. The Balaban J connectivity index is 0.000000318. The van der Waals surface area contributed by atoms with Crippen LogP contribution in [0.2, 0.25) is 5.02 Å². The summed E-state index contributed by atoms with van der Waals surface area (Å²) in [5, 5.41) is 12.1. The summed E-state index contributed by atoms with van der Waals surface area (Å²) >= 11 is 6.11. The average molecular weight is 446 g/mol. The van der Waals surface area contributed by atoms with Crippen molar-refractivity contribution in [1.82, 2.24) is 15.3 Å². The number of halogens is 4. The van der Waals surface area contributed by atoms with Crippen LogP contribution in [0.5, 0.6) is 0 Å². The number of aliphatic carboxylic acids is 1. The number of furan rings is 1. The van der Waals surface area contributed by atoms with E-state index in [0.29, 0.717) is 28.2 Å². The topological polar surface area (TPSA) is 118 Å². The number of hydrogen-bond acceptors (Lipinski definition) is 7. The highest BCUT2D eigenvalue weighted by Gasteiger charge is 2.38. The number of nitrogens with two attached hydrogens (primary N) is 1. The van der Waals surface area contributed by atoms with Gasteiger partial charge in [-0.05, 0) is 32.0 Å². The van der Waals surface area contributed by atoms with Crippen LogP contribution in [-0.4, -0.2) is 52.4 Å². The van der Waals surface area contributed by atoms with Crippen molar-refractivity contribution in [2.75, 3.05) is 23.7 Å². The number of nitrogen functional groups attached to an aromatic ring is 1. The molecule has 1 fully saturated rings. The second kappa shape index (κ2) is 8.15. The van der Waals surface area contributed by atoms with E-state index in [2.05, 4.69) is 34.0 Å². The lowest BCUT2D eigenvalue weighted by Gasteiger charge is -2.38. The monoisotopic (exact) mass is 445 g/mol. The Morgan fingerprint density at radius 2 is 2.03 bits per heavy atom. The number of benzene rings is 1. The number of aromatic nitrogens is 2. The fourth-order valence-electron chi connectivity index (χ4n) is 3.13. The fraction of sp³-hybridized carbons (Fsp3) is 0.389. The van der Waals surface area contributed by atoms with Crippen molar-refractivity contribution < 1.29 is 27.5 Å². The first kappa shape index (κ1) is 21.9. The quantitative estimate of drug-likeness (QED) is 0.521. The zero-order valence-electron chi connectivity index (χ0n) is 16.0. The van der Waals surface area contributed by atoms with Gasteiger partial charge in [-0.2, -0.15) is 18.2 Å². The minimum absolute atomic E-state index is 0.244. The molecule has 2 aromatic heterocycles. The van der Waals surface area contributed by atoms with Gasteiger partial charge in [0, 0.05) is 35.6 Å². The standard InChI is InChI=1S/C16H18ClN5O.C2HF3O2/c1-8-7-22(9(2)6-19-8)15-14-13(20-16(18)21-15)11-5-10(17)3-4-12(11)23-14;3-2(4,5)1(6)7/h3-5,8-9,19H,6-7H2,1-2H3,(H2,18,20,21);(H,6,7)/t8-,9+;/m1./s1. The van der Waals surface area contributed by atoms with E-state index in [9.17, 15) is 13.2 Å². The number of anilines is 2. The third kappa shape index (κ3) is 4.51. The van der Waals surface area contributed by atoms with Crippen molar-refractivity contribution in [3.8, 4) is 0 Å². The minimum atomic E-state index is -5.08. The highest BCUT2D eigenvalue weighted by molar-refractivity contribution is 6.31. The van der Waals surface area contributed by atoms with Crippen molar-refractivity contribution in [3.63, 3.8) is 0 Å². The first-order valence-electron chi connectivity index (χ1n) is 8.92. The molecule has 1 aliphatic rings. The first-order valence-corrected chi connectivity index (χ1v) is 9.30. The van der Waals surface area contributed by atoms with Crippen molar-refractivity contribution in [2.45, 2.75) is 32.1 Å². The average Bonchev–Trinajstić information content (AvgIpc) is 3.00. The van der Waals surface area contributed by atoms with Gasteiger partial charge >= 0.3 is 12.1 Å². The molecule has 0 radical (unpaired) electrons. The van der Waals surface area contributed by atoms with E-state index in [-0.39, 0.29) is 5.95 Å². The van der Waals surface area contributed by atoms with Crippen LogP contribution in [-0.2, 0) is 4.79 Å². The molecule has 4 N–H and O–H groups in total. The molecule has 162 valence electrons. The van der Waals surface area contributed by atoms with Crippen LogP contribution in [0.4, 0.5) is 24.9 Å². The second-order valence-electron chi connectivity index (χ2n) is 6.94. The summed E-state index contributed by atoms with van der Waals surface area (Å²) < 4.78 is 37.8. The van der Waals surface area contributed by atoms with Crippen LogP contribution in [0.15, 0.2) is 22.6 Å². The van der Waals surface area contributed by atoms with Gasteiger partial charge in [0.1, 0.15) is 11.1 Å². The summed E-state index contributed by atoms with van der Waals surface area (Å²) in [6.07, 6.45) is -5.08. The van der Waals surface area contributed by atoms with E-state index in [0.717, 1.165) is 29.9 Å². The Hall–Kier alpha value is -2.79. The summed E-state index contributed by atoms with van der Waals surface area (Å²) in [6, 6.07) is 6.17. The Labute approximate surface area is 173 Å². The number of carbonyl (C=O) groups is 1. The third-order valence-electron chi connectivity index (χ3n) is 4.55. The highest BCUT2D eigenvalue weighted by Crippen LogP contribution is 2.35. The van der Waals surface area contributed by atoms with Crippen molar-refractivity contribution >= 4 is 51.4 Å². The smallest absolute Gasteiger partial charge is 0.475 e. The maximum absolute atomic E-state index is 10.6. The summed E-state index contributed by atoms with van der Waals surface area (Å²) in [5.41, 5.74) is 8.07. The van der Waals surface area contributed by atoms with Crippen LogP contribution in [0.1, 0.15) is 13.8 Å². The zero-order valence-corrected chi connectivity index (χ0v) is 16.8. The van der Waals surface area contributed by atoms with E-state index in [4.69, 9.17) is 31.7 Å². The molecule has 3 aromatic rings. The molecule has 0 unspecified atom stereocenters. The molecule has 2 atom stereocenters. The van der Waals surface area contributed by atoms with Gasteiger partial charge in [0.15, 0.2) is 11.4 Å². The molecule has 1 aliphatic heterocycles. The number of nitrogens with one attached hydrogen (secondary N) is 1. The summed E-state index contributed by atoms with van der Waals surface area (Å²) in [6.45, 7) is 6.03. The maximum atomic E-state index is 10.6. The van der Waals surface area contributed by atoms with Crippen LogP contribution in [0.25, 0.3) is 22.1 Å². The predicted molar refractivity (Wildman–Crippen MR) is 107 cm³/mol. The molecule has 0 amide bonds. The van der Waals surface area contributed by atoms with Gasteiger partial charge in [-0.15, -0.1) is 0 Å². The number of nitrogens with zero attached hydrogens (tertiary/aromatic N) is 3. The van der Waals surface area contributed by atoms with Gasteiger partial charge in [0.25, 0.3) is 0 Å². The van der Waals surface area contributed by atoms with Crippen molar-refractivity contribution in [1.29, 1.82) is 0 Å². The third-order valence-corrected chi connectivity index (χ3v) is 4.79. The van der Waals surface area contributed by atoms with Gasteiger partial charge in [-0.1, -0.05) is 11.6 Å². The van der Waals surface area contributed by atoms with Crippen molar-refractivity contribution in [3.05, 3.63) is 23.2 Å². The molecule has 0 bridgehead atoms. The minimum Gasteiger partial charge on any atom is -0.475 e. The van der Waals surface area contributed by atoms with Crippen LogP contribution in [0, 0.1) is 0 Å². The lowest BCUT2D eigenvalue weighted by Crippen LogP contribution is -2.54. The molecule has 30 heavy (non-hydrogen) atoms. The number of piperazine rings is 1. The first-order chi connectivity index (χ1) is 14.0. The summed E-state index contributed by atoms with van der Waals surface area (Å²) in [5.74, 6) is -1.76. The van der Waals surface area contributed by atoms with Gasteiger partial charge in [-0.25, -0.2) is 9.78 Å². The van der Waals surface area contributed by atoms with Gasteiger partial charge in [-0.3, -0.25) is 0 Å². The van der Waals surface area contributed by atoms with E-state index in [1.54, 1.807) is 6.07 Å². The fourth-order valence-corrected chi connectivity index (χ4v) is 3.30. The van der Waals surface area contributed by atoms with Crippen LogP contribution < -0.4 is 16.0 Å². The Morgan fingerprint density at radius 3 is 2.67 bits per heavy atom. The molecule has 4 rings (SSSR count). The van der Waals surface area contributed by atoms with E-state index >= 15 is 0 Å². The predicted octanol–water partition coefficient (Wildman–Crippen LogP) is 3.43. The molecule has 12 heteroatoms. The number of hydrogen-bond donors (Lipinski definition) is 3. The largest absolute Gasteiger partial charge is 0.490 e. The lowest BCUT2D eigenvalue weighted by molar-refractivity contribution is -0.192.